The van der Waals surface area contributed by atoms with Crippen LogP contribution >= 0.6 is 24.8 Å². The van der Waals surface area contributed by atoms with Gasteiger partial charge in [-0.25, -0.2) is 0 Å². The first-order chi connectivity index (χ1) is 12.2. The maximum atomic E-state index is 12.3. The van der Waals surface area contributed by atoms with E-state index in [0.717, 1.165) is 39.0 Å². The smallest absolute Gasteiger partial charge is 0.242 e. The fraction of sp³-hybridized carbons (Fsp3) is 0.579. The summed E-state index contributed by atoms with van der Waals surface area (Å²) >= 11 is 0. The zero-order valence-electron chi connectivity index (χ0n) is 15.6. The van der Waals surface area contributed by atoms with Gasteiger partial charge in [-0.3, -0.25) is 9.59 Å². The van der Waals surface area contributed by atoms with Gasteiger partial charge in [0.1, 0.15) is 0 Å². The number of piperazine rings is 1. The summed E-state index contributed by atoms with van der Waals surface area (Å²) in [6, 6.07) is 10.3. The molecule has 27 heavy (non-hydrogen) atoms. The highest BCUT2D eigenvalue weighted by Crippen LogP contribution is 2.16. The lowest BCUT2D eigenvalue weighted by molar-refractivity contribution is -0.133. The third-order valence-corrected chi connectivity index (χ3v) is 5.13. The monoisotopic (exact) mass is 416 g/mol. The predicted molar refractivity (Wildman–Crippen MR) is 113 cm³/mol. The highest BCUT2D eigenvalue weighted by Gasteiger charge is 2.21. The van der Waals surface area contributed by atoms with E-state index >= 15 is 0 Å². The summed E-state index contributed by atoms with van der Waals surface area (Å²) < 4.78 is 0. The molecule has 1 atom stereocenters. The molecule has 0 aromatic heterocycles. The Morgan fingerprint density at radius 2 is 1.78 bits per heavy atom. The SMILES string of the molecule is Cl.Cl.O=C(CCC1CCNC1)NCC(=O)N1CCN(c2ccccc2)CC1. The van der Waals surface area contributed by atoms with E-state index in [1.54, 1.807) is 0 Å². The zero-order chi connectivity index (χ0) is 17.5. The fourth-order valence-electron chi connectivity index (χ4n) is 3.52. The Hall–Kier alpha value is -1.50. The molecular weight excluding hydrogens is 387 g/mol. The molecule has 2 aliphatic heterocycles. The zero-order valence-corrected chi connectivity index (χ0v) is 17.2. The third-order valence-electron chi connectivity index (χ3n) is 5.13. The first-order valence-corrected chi connectivity index (χ1v) is 9.27. The molecule has 2 amide bonds. The summed E-state index contributed by atoms with van der Waals surface area (Å²) in [6.45, 7) is 5.26. The summed E-state index contributed by atoms with van der Waals surface area (Å²) in [7, 11) is 0. The average molecular weight is 417 g/mol. The number of para-hydroxylation sites is 1. The van der Waals surface area contributed by atoms with Crippen molar-refractivity contribution in [2.45, 2.75) is 19.3 Å². The second kappa shape index (κ2) is 12.1. The summed E-state index contributed by atoms with van der Waals surface area (Å²) in [4.78, 5) is 28.3. The van der Waals surface area contributed by atoms with Gasteiger partial charge in [0.2, 0.25) is 11.8 Å². The van der Waals surface area contributed by atoms with Crippen LogP contribution in [-0.2, 0) is 9.59 Å². The van der Waals surface area contributed by atoms with E-state index < -0.39 is 0 Å². The molecule has 2 fully saturated rings. The van der Waals surface area contributed by atoms with Crippen LogP contribution < -0.4 is 15.5 Å². The summed E-state index contributed by atoms with van der Waals surface area (Å²) in [5.74, 6) is 0.610. The Kier molecular flexibility index (Phi) is 10.5. The van der Waals surface area contributed by atoms with Crippen LogP contribution in [0, 0.1) is 5.92 Å². The number of carbonyl (C=O) groups excluding carboxylic acids is 2. The van der Waals surface area contributed by atoms with Gasteiger partial charge in [-0.05, 0) is 44.0 Å². The van der Waals surface area contributed by atoms with E-state index in [9.17, 15) is 9.59 Å². The molecule has 1 unspecified atom stereocenters. The van der Waals surface area contributed by atoms with Crippen molar-refractivity contribution in [3.05, 3.63) is 30.3 Å². The van der Waals surface area contributed by atoms with Crippen molar-refractivity contribution in [1.29, 1.82) is 0 Å². The lowest BCUT2D eigenvalue weighted by atomic mass is 10.0. The minimum atomic E-state index is -0.0110. The molecule has 8 heteroatoms. The van der Waals surface area contributed by atoms with Gasteiger partial charge in [-0.2, -0.15) is 0 Å². The number of hydrogen-bond donors (Lipinski definition) is 2. The minimum Gasteiger partial charge on any atom is -0.368 e. The van der Waals surface area contributed by atoms with E-state index in [0.29, 0.717) is 25.4 Å². The second-order valence-electron chi connectivity index (χ2n) is 6.88. The van der Waals surface area contributed by atoms with Gasteiger partial charge in [-0.1, -0.05) is 18.2 Å². The van der Waals surface area contributed by atoms with Crippen LogP contribution in [0.4, 0.5) is 5.69 Å². The van der Waals surface area contributed by atoms with Gasteiger partial charge in [0.25, 0.3) is 0 Å². The lowest BCUT2D eigenvalue weighted by Crippen LogP contribution is -2.51. The van der Waals surface area contributed by atoms with Crippen molar-refractivity contribution in [1.82, 2.24) is 15.5 Å². The quantitative estimate of drug-likeness (QED) is 0.740. The fourth-order valence-corrected chi connectivity index (χ4v) is 3.52. The normalized spacial score (nSPS) is 19.0. The summed E-state index contributed by atoms with van der Waals surface area (Å²) in [5.41, 5.74) is 1.20. The van der Waals surface area contributed by atoms with E-state index in [1.807, 2.05) is 23.1 Å². The van der Waals surface area contributed by atoms with Crippen molar-refractivity contribution in [3.8, 4) is 0 Å². The number of halogens is 2. The number of nitrogens with one attached hydrogen (secondary N) is 2. The topological polar surface area (TPSA) is 64.7 Å². The molecule has 2 aliphatic rings. The average Bonchev–Trinajstić information content (AvgIpc) is 3.19. The predicted octanol–water partition coefficient (Wildman–Crippen LogP) is 1.68. The molecule has 0 saturated carbocycles. The van der Waals surface area contributed by atoms with Crippen molar-refractivity contribution >= 4 is 42.3 Å². The number of carbonyl (C=O) groups is 2. The van der Waals surface area contributed by atoms with Crippen LogP contribution in [0.5, 0.6) is 0 Å². The highest BCUT2D eigenvalue weighted by molar-refractivity contribution is 5.86. The molecule has 0 spiro atoms. The van der Waals surface area contributed by atoms with Crippen LogP contribution in [0.1, 0.15) is 19.3 Å². The first kappa shape index (κ1) is 23.5. The Bertz CT molecular complexity index is 574. The largest absolute Gasteiger partial charge is 0.368 e. The van der Waals surface area contributed by atoms with Gasteiger partial charge in [-0.15, -0.1) is 24.8 Å². The molecule has 0 radical (unpaired) electrons. The molecule has 1 aromatic rings. The summed E-state index contributed by atoms with van der Waals surface area (Å²) in [5, 5.41) is 6.09. The van der Waals surface area contributed by atoms with Crippen molar-refractivity contribution < 1.29 is 9.59 Å². The van der Waals surface area contributed by atoms with Crippen LogP contribution in [0.3, 0.4) is 0 Å². The van der Waals surface area contributed by atoms with Gasteiger partial charge in [0.15, 0.2) is 0 Å². The van der Waals surface area contributed by atoms with E-state index in [-0.39, 0.29) is 43.2 Å². The van der Waals surface area contributed by atoms with E-state index in [1.165, 1.54) is 5.69 Å². The van der Waals surface area contributed by atoms with Crippen LogP contribution in [0.25, 0.3) is 0 Å². The number of anilines is 1. The van der Waals surface area contributed by atoms with Gasteiger partial charge in [0, 0.05) is 38.3 Å². The number of hydrogen-bond acceptors (Lipinski definition) is 4. The summed E-state index contributed by atoms with van der Waals surface area (Å²) in [6.07, 6.45) is 2.57. The molecule has 2 heterocycles. The van der Waals surface area contributed by atoms with Crippen LogP contribution in [0.2, 0.25) is 0 Å². The lowest BCUT2D eigenvalue weighted by Gasteiger charge is -2.36. The van der Waals surface area contributed by atoms with E-state index in [4.69, 9.17) is 0 Å². The first-order valence-electron chi connectivity index (χ1n) is 9.27. The van der Waals surface area contributed by atoms with Gasteiger partial charge >= 0.3 is 0 Å². The second-order valence-corrected chi connectivity index (χ2v) is 6.88. The van der Waals surface area contributed by atoms with Gasteiger partial charge < -0.3 is 20.4 Å². The molecule has 2 saturated heterocycles. The number of benzene rings is 1. The molecule has 6 nitrogen and oxygen atoms in total. The van der Waals surface area contributed by atoms with Crippen molar-refractivity contribution in [2.24, 2.45) is 5.92 Å². The Balaban J connectivity index is 0.00000182. The van der Waals surface area contributed by atoms with Crippen LogP contribution in [0.15, 0.2) is 30.3 Å². The van der Waals surface area contributed by atoms with Gasteiger partial charge in [0.05, 0.1) is 6.54 Å². The molecule has 152 valence electrons. The molecule has 0 aliphatic carbocycles. The maximum Gasteiger partial charge on any atom is 0.242 e. The molecule has 2 N–H and O–H groups in total. The molecular formula is C19H30Cl2N4O2. The molecule has 1 aromatic carbocycles. The highest BCUT2D eigenvalue weighted by atomic mass is 35.5. The standard InChI is InChI=1S/C19H28N4O2.2ClH/c24-18(7-6-16-8-9-20-14-16)21-15-19(25)23-12-10-22(11-13-23)17-4-2-1-3-5-17;;/h1-5,16,20H,6-15H2,(H,21,24);2*1H. The number of amides is 2. The molecule has 0 bridgehead atoms. The maximum absolute atomic E-state index is 12.3. The Morgan fingerprint density at radius 1 is 1.07 bits per heavy atom. The minimum absolute atomic E-state index is 0. The number of rotatable bonds is 6. The van der Waals surface area contributed by atoms with Crippen molar-refractivity contribution in [2.75, 3.05) is 50.7 Å². The van der Waals surface area contributed by atoms with E-state index in [2.05, 4.69) is 27.7 Å². The Morgan fingerprint density at radius 3 is 2.41 bits per heavy atom. The molecule has 3 rings (SSSR count). The van der Waals surface area contributed by atoms with Crippen LogP contribution in [-0.4, -0.2) is 62.5 Å². The Labute approximate surface area is 173 Å². The number of nitrogens with zero attached hydrogens (tertiary/aromatic N) is 2. The van der Waals surface area contributed by atoms with Crippen molar-refractivity contribution in [3.63, 3.8) is 0 Å². The third kappa shape index (κ3) is 7.20.